The minimum atomic E-state index is -0.125. The maximum Gasteiger partial charge on any atom is 0.254 e. The summed E-state index contributed by atoms with van der Waals surface area (Å²) in [5.41, 5.74) is 3.94. The summed E-state index contributed by atoms with van der Waals surface area (Å²) < 4.78 is 26.8. The van der Waals surface area contributed by atoms with Gasteiger partial charge in [0.15, 0.2) is 5.82 Å². The van der Waals surface area contributed by atoms with Crippen molar-refractivity contribution in [2.45, 2.75) is 51.5 Å². The van der Waals surface area contributed by atoms with E-state index in [2.05, 4.69) is 21.6 Å². The summed E-state index contributed by atoms with van der Waals surface area (Å²) >= 11 is 0. The summed E-state index contributed by atoms with van der Waals surface area (Å²) in [6.07, 6.45) is 2.86. The molecule has 0 radical (unpaired) electrons. The second kappa shape index (κ2) is 8.84. The number of benzene rings is 1. The zero-order valence-electron chi connectivity index (χ0n) is 19.1. The van der Waals surface area contributed by atoms with E-state index < -0.39 is 0 Å². The molecule has 3 aromatic rings. The molecule has 178 valence electrons. The van der Waals surface area contributed by atoms with Gasteiger partial charge in [0.1, 0.15) is 30.8 Å². The molecule has 34 heavy (non-hydrogen) atoms. The summed E-state index contributed by atoms with van der Waals surface area (Å²) in [7, 11) is 0. The summed E-state index contributed by atoms with van der Waals surface area (Å²) in [5, 5.41) is 12.0. The van der Waals surface area contributed by atoms with Crippen molar-refractivity contribution < 1.29 is 18.9 Å². The van der Waals surface area contributed by atoms with Gasteiger partial charge >= 0.3 is 0 Å². The number of ether oxygens (including phenoxy) is 4. The van der Waals surface area contributed by atoms with Gasteiger partial charge in [-0.25, -0.2) is 4.68 Å². The predicted molar refractivity (Wildman–Crippen MR) is 121 cm³/mol. The lowest BCUT2D eigenvalue weighted by Crippen LogP contribution is -2.34. The van der Waals surface area contributed by atoms with Crippen LogP contribution in [0.25, 0.3) is 11.3 Å². The van der Waals surface area contributed by atoms with Crippen LogP contribution in [0.1, 0.15) is 35.8 Å². The maximum atomic E-state index is 12.9. The lowest BCUT2D eigenvalue weighted by atomic mass is 9.94. The van der Waals surface area contributed by atoms with E-state index in [1.54, 1.807) is 6.07 Å². The summed E-state index contributed by atoms with van der Waals surface area (Å²) in [5.74, 6) is 2.09. The van der Waals surface area contributed by atoms with Crippen LogP contribution in [0, 0.1) is 6.92 Å². The quantitative estimate of drug-likeness (QED) is 0.523. The van der Waals surface area contributed by atoms with Crippen molar-refractivity contribution in [2.24, 2.45) is 0 Å². The molecule has 4 heterocycles. The highest BCUT2D eigenvalue weighted by molar-refractivity contribution is 5.71. The van der Waals surface area contributed by atoms with E-state index in [-0.39, 0.29) is 11.7 Å². The zero-order chi connectivity index (χ0) is 23.1. The number of aromatic nitrogens is 5. The number of pyridine rings is 1. The van der Waals surface area contributed by atoms with Gasteiger partial charge in [-0.3, -0.25) is 4.79 Å². The number of rotatable bonds is 7. The monoisotopic (exact) mass is 465 g/mol. The highest BCUT2D eigenvalue weighted by Gasteiger charge is 2.28. The zero-order valence-corrected chi connectivity index (χ0v) is 19.1. The average Bonchev–Trinajstić information content (AvgIpc) is 3.61. The van der Waals surface area contributed by atoms with Crippen LogP contribution in [0.2, 0.25) is 0 Å². The van der Waals surface area contributed by atoms with Crippen molar-refractivity contribution in [3.05, 3.63) is 51.6 Å². The molecule has 1 saturated carbocycles. The van der Waals surface area contributed by atoms with E-state index >= 15 is 0 Å². The highest BCUT2D eigenvalue weighted by Crippen LogP contribution is 2.37. The molecule has 2 aliphatic heterocycles. The third-order valence-electron chi connectivity index (χ3n) is 6.58. The van der Waals surface area contributed by atoms with E-state index in [9.17, 15) is 4.79 Å². The molecule has 3 aliphatic rings. The van der Waals surface area contributed by atoms with Crippen LogP contribution in [0.4, 0.5) is 0 Å². The topological polar surface area (TPSA) is 103 Å². The van der Waals surface area contributed by atoms with E-state index in [0.29, 0.717) is 51.4 Å². The molecule has 1 saturated heterocycles. The fourth-order valence-corrected chi connectivity index (χ4v) is 4.65. The van der Waals surface area contributed by atoms with Crippen molar-refractivity contribution in [3.8, 4) is 22.8 Å². The number of tetrazole rings is 1. The van der Waals surface area contributed by atoms with Gasteiger partial charge < -0.3 is 23.5 Å². The molecule has 6 rings (SSSR count). The van der Waals surface area contributed by atoms with Crippen LogP contribution in [-0.4, -0.2) is 57.3 Å². The molecular weight excluding hydrogens is 438 g/mol. The van der Waals surface area contributed by atoms with Crippen LogP contribution in [0.15, 0.2) is 29.1 Å². The number of nitrogens with zero attached hydrogens (tertiary/aromatic N) is 5. The lowest BCUT2D eigenvalue weighted by Gasteiger charge is -2.27. The molecule has 0 bridgehead atoms. The number of aryl methyl sites for hydroxylation is 1. The molecule has 0 spiro atoms. The summed E-state index contributed by atoms with van der Waals surface area (Å²) in [6.45, 7) is 4.96. The molecular formula is C24H27N5O5. The molecule has 1 aromatic carbocycles. The lowest BCUT2D eigenvalue weighted by molar-refractivity contribution is -0.101. The Morgan fingerprint density at radius 2 is 2.09 bits per heavy atom. The Bertz CT molecular complexity index is 1260. The van der Waals surface area contributed by atoms with Crippen LogP contribution in [0.5, 0.6) is 11.5 Å². The van der Waals surface area contributed by atoms with Gasteiger partial charge in [0.05, 0.1) is 31.6 Å². The fourth-order valence-electron chi connectivity index (χ4n) is 4.65. The van der Waals surface area contributed by atoms with E-state index in [1.165, 1.54) is 0 Å². The molecule has 0 amide bonds. The first kappa shape index (κ1) is 21.3. The minimum Gasteiger partial charge on any atom is -0.490 e. The second-order valence-corrected chi connectivity index (χ2v) is 8.98. The van der Waals surface area contributed by atoms with Gasteiger partial charge in [-0.05, 0) is 60.4 Å². The Morgan fingerprint density at radius 1 is 1.18 bits per heavy atom. The van der Waals surface area contributed by atoms with Crippen LogP contribution >= 0.6 is 0 Å². The molecule has 0 unspecified atom stereocenters. The van der Waals surface area contributed by atoms with Crippen molar-refractivity contribution in [1.29, 1.82) is 0 Å². The van der Waals surface area contributed by atoms with Crippen molar-refractivity contribution in [1.82, 2.24) is 24.8 Å². The highest BCUT2D eigenvalue weighted by atomic mass is 16.6. The van der Waals surface area contributed by atoms with Crippen molar-refractivity contribution in [2.75, 3.05) is 26.4 Å². The molecule has 1 aliphatic carbocycles. The predicted octanol–water partition coefficient (Wildman–Crippen LogP) is 2.07. The first-order valence-electron chi connectivity index (χ1n) is 11.8. The van der Waals surface area contributed by atoms with Gasteiger partial charge in [0.25, 0.3) is 5.56 Å². The Hall–Kier alpha value is -3.24. The van der Waals surface area contributed by atoms with Crippen LogP contribution < -0.4 is 15.0 Å². The smallest absolute Gasteiger partial charge is 0.254 e. The molecule has 2 fully saturated rings. The summed E-state index contributed by atoms with van der Waals surface area (Å²) in [6, 6.07) is 7.99. The molecule has 2 aromatic heterocycles. The largest absolute Gasteiger partial charge is 0.490 e. The number of hydrogen-bond donors (Lipinski definition) is 0. The molecule has 1 atom stereocenters. The maximum absolute atomic E-state index is 12.9. The first-order valence-corrected chi connectivity index (χ1v) is 11.8. The third kappa shape index (κ3) is 4.07. The van der Waals surface area contributed by atoms with Gasteiger partial charge in [-0.15, -0.1) is 5.10 Å². The Balaban J connectivity index is 1.23. The van der Waals surface area contributed by atoms with E-state index in [1.807, 2.05) is 28.3 Å². The van der Waals surface area contributed by atoms with Gasteiger partial charge in [-0.1, -0.05) is 0 Å². The normalized spacial score (nSPS) is 19.4. The van der Waals surface area contributed by atoms with Gasteiger partial charge in [0.2, 0.25) is 0 Å². The van der Waals surface area contributed by atoms with Crippen molar-refractivity contribution >= 4 is 0 Å². The number of hydrogen-bond acceptors (Lipinski definition) is 8. The van der Waals surface area contributed by atoms with Gasteiger partial charge in [-0.2, -0.15) is 0 Å². The Morgan fingerprint density at radius 3 is 2.91 bits per heavy atom. The van der Waals surface area contributed by atoms with Crippen LogP contribution in [0.3, 0.4) is 0 Å². The van der Waals surface area contributed by atoms with Gasteiger partial charge in [0, 0.05) is 23.7 Å². The summed E-state index contributed by atoms with van der Waals surface area (Å²) in [4.78, 5) is 12.9. The van der Waals surface area contributed by atoms with Crippen LogP contribution in [-0.2, 0) is 29.0 Å². The molecule has 10 heteroatoms. The second-order valence-electron chi connectivity index (χ2n) is 8.98. The first-order chi connectivity index (χ1) is 16.7. The SMILES string of the molecule is Cc1c(OC[C@@H]2COCCO2)cc(=O)n2c1-c1ccc(OCc3nnnn3C3CC3)cc1CC2. The fraction of sp³-hybridized carbons (Fsp3) is 0.500. The Kier molecular flexibility index (Phi) is 5.54. The van der Waals surface area contributed by atoms with E-state index in [4.69, 9.17) is 18.9 Å². The third-order valence-corrected chi connectivity index (χ3v) is 6.58. The number of fused-ring (bicyclic) bond motifs is 3. The molecule has 10 nitrogen and oxygen atoms in total. The minimum absolute atomic E-state index is 0.0608. The standard InChI is InChI=1S/C24H27N5O5/c1-15-21(34-13-19-12-31-8-9-32-19)11-23(30)28-7-6-16-10-18(4-5-20(16)24(15)28)33-14-22-25-26-27-29(22)17-2-3-17/h4-5,10-11,17,19H,2-3,6-9,12-14H2,1H3/t19-/m0/s1. The average molecular weight is 466 g/mol. The Labute approximate surface area is 196 Å². The van der Waals surface area contributed by atoms with Crippen molar-refractivity contribution in [3.63, 3.8) is 0 Å². The van der Waals surface area contributed by atoms with E-state index in [0.717, 1.165) is 53.2 Å². The molecule has 0 N–H and O–H groups in total.